The van der Waals surface area contributed by atoms with Crippen LogP contribution in [-0.2, 0) is 4.79 Å². The fraction of sp³-hybridized carbons (Fsp3) is 0.312. The molecule has 1 aromatic carbocycles. The zero-order chi connectivity index (χ0) is 17.5. The highest BCUT2D eigenvalue weighted by Gasteiger charge is 2.09. The highest BCUT2D eigenvalue weighted by molar-refractivity contribution is 6.42. The van der Waals surface area contributed by atoms with Crippen LogP contribution in [0.4, 0.5) is 0 Å². The second-order valence-corrected chi connectivity index (χ2v) is 6.30. The Bertz CT molecular complexity index is 658. The highest BCUT2D eigenvalue weighted by atomic mass is 35.5. The van der Waals surface area contributed by atoms with Gasteiger partial charge in [0.15, 0.2) is 0 Å². The van der Waals surface area contributed by atoms with Crippen molar-refractivity contribution < 1.29 is 9.90 Å². The van der Waals surface area contributed by atoms with Gasteiger partial charge in [-0.1, -0.05) is 29.3 Å². The van der Waals surface area contributed by atoms with E-state index in [-0.39, 0.29) is 0 Å². The van der Waals surface area contributed by atoms with Gasteiger partial charge in [-0.3, -0.25) is 4.79 Å². The van der Waals surface area contributed by atoms with Crippen LogP contribution >= 0.6 is 23.2 Å². The van der Waals surface area contributed by atoms with Gasteiger partial charge in [-0.15, -0.1) is 0 Å². The van der Waals surface area contributed by atoms with Crippen molar-refractivity contribution in [2.45, 2.75) is 26.4 Å². The van der Waals surface area contributed by atoms with Gasteiger partial charge in [0, 0.05) is 17.8 Å². The first kappa shape index (κ1) is 19.4. The summed E-state index contributed by atoms with van der Waals surface area (Å²) in [6.45, 7) is 5.48. The molecule has 23 heavy (non-hydrogen) atoms. The number of hydrogen-bond donors (Lipinski definition) is 2. The number of carbonyl (C=O) groups is 1. The normalized spacial score (nSPS) is 10.5. The molecule has 1 aromatic heterocycles. The number of aromatic nitrogens is 2. The monoisotopic (exact) mass is 355 g/mol. The standard InChI is InChI=1S/C11H8Cl2N2.C5H11NO2/c1-7-4-11(15-6-14-7)8-2-3-9(12)10(13)5-8;1-5(2,8)3-6-4-7/h2-6H,1H3;4,8H,3H2,1-2H3,(H,6,7). The second-order valence-electron chi connectivity index (χ2n) is 5.48. The molecule has 0 saturated carbocycles. The van der Waals surface area contributed by atoms with Crippen molar-refractivity contribution in [3.63, 3.8) is 0 Å². The number of hydrogen-bond acceptors (Lipinski definition) is 4. The van der Waals surface area contributed by atoms with Crippen LogP contribution in [-0.4, -0.2) is 33.6 Å². The first-order valence-corrected chi connectivity index (χ1v) is 7.62. The maximum Gasteiger partial charge on any atom is 0.207 e. The number of nitrogens with one attached hydrogen (secondary N) is 1. The van der Waals surface area contributed by atoms with Crippen molar-refractivity contribution >= 4 is 29.6 Å². The molecule has 1 heterocycles. The van der Waals surface area contributed by atoms with Crippen molar-refractivity contribution in [3.05, 3.63) is 46.3 Å². The van der Waals surface area contributed by atoms with Gasteiger partial charge < -0.3 is 10.4 Å². The lowest BCUT2D eigenvalue weighted by Gasteiger charge is -2.14. The van der Waals surface area contributed by atoms with E-state index in [0.717, 1.165) is 17.0 Å². The zero-order valence-electron chi connectivity index (χ0n) is 13.2. The third-order valence-corrected chi connectivity index (χ3v) is 3.38. The van der Waals surface area contributed by atoms with E-state index < -0.39 is 5.60 Å². The van der Waals surface area contributed by atoms with E-state index in [0.29, 0.717) is 23.0 Å². The molecule has 7 heteroatoms. The third-order valence-electron chi connectivity index (χ3n) is 2.64. The lowest BCUT2D eigenvalue weighted by molar-refractivity contribution is -0.110. The fourth-order valence-corrected chi connectivity index (χ4v) is 1.86. The van der Waals surface area contributed by atoms with Gasteiger partial charge >= 0.3 is 0 Å². The molecule has 0 bridgehead atoms. The van der Waals surface area contributed by atoms with Crippen LogP contribution in [0.15, 0.2) is 30.6 Å². The van der Waals surface area contributed by atoms with Crippen molar-refractivity contribution in [3.8, 4) is 11.3 Å². The van der Waals surface area contributed by atoms with E-state index in [1.807, 2.05) is 19.1 Å². The predicted molar refractivity (Wildman–Crippen MR) is 92.6 cm³/mol. The van der Waals surface area contributed by atoms with Crippen molar-refractivity contribution in [2.24, 2.45) is 0 Å². The zero-order valence-corrected chi connectivity index (χ0v) is 14.7. The molecular weight excluding hydrogens is 337 g/mol. The summed E-state index contributed by atoms with van der Waals surface area (Å²) < 4.78 is 0. The largest absolute Gasteiger partial charge is 0.389 e. The molecule has 0 saturated heterocycles. The third kappa shape index (κ3) is 7.41. The highest BCUT2D eigenvalue weighted by Crippen LogP contribution is 2.27. The molecule has 0 spiro atoms. The van der Waals surface area contributed by atoms with E-state index in [2.05, 4.69) is 15.3 Å². The van der Waals surface area contributed by atoms with E-state index in [1.54, 1.807) is 26.0 Å². The van der Waals surface area contributed by atoms with Gasteiger partial charge in [0.25, 0.3) is 0 Å². The molecule has 1 amide bonds. The summed E-state index contributed by atoms with van der Waals surface area (Å²) in [7, 11) is 0. The predicted octanol–water partition coefficient (Wildman–Crippen LogP) is 3.26. The Kier molecular flexibility index (Phi) is 7.42. The summed E-state index contributed by atoms with van der Waals surface area (Å²) in [5.41, 5.74) is 1.92. The number of benzene rings is 1. The Balaban J connectivity index is 0.000000284. The number of amides is 1. The van der Waals surface area contributed by atoms with E-state index in [1.165, 1.54) is 6.33 Å². The van der Waals surface area contributed by atoms with Crippen LogP contribution in [0, 0.1) is 6.92 Å². The molecule has 0 radical (unpaired) electrons. The molecule has 0 unspecified atom stereocenters. The Hall–Kier alpha value is -1.69. The van der Waals surface area contributed by atoms with Crippen LogP contribution in [0.5, 0.6) is 0 Å². The summed E-state index contributed by atoms with van der Waals surface area (Å²) in [5.74, 6) is 0. The lowest BCUT2D eigenvalue weighted by Crippen LogP contribution is -2.33. The lowest BCUT2D eigenvalue weighted by atomic mass is 10.1. The first-order chi connectivity index (χ1) is 10.7. The molecule has 5 nitrogen and oxygen atoms in total. The van der Waals surface area contributed by atoms with Crippen LogP contribution in [0.3, 0.4) is 0 Å². The van der Waals surface area contributed by atoms with Gasteiger partial charge in [-0.05, 0) is 39.0 Å². The van der Waals surface area contributed by atoms with E-state index in [4.69, 9.17) is 28.3 Å². The van der Waals surface area contributed by atoms with Gasteiger partial charge in [0.2, 0.25) is 6.41 Å². The van der Waals surface area contributed by atoms with Gasteiger partial charge in [0.1, 0.15) is 6.33 Å². The Morgan fingerprint density at radius 2 is 1.91 bits per heavy atom. The molecule has 2 aromatic rings. The number of aryl methyl sites for hydroxylation is 1. The molecule has 0 aliphatic heterocycles. The minimum Gasteiger partial charge on any atom is -0.389 e. The van der Waals surface area contributed by atoms with E-state index in [9.17, 15) is 4.79 Å². The Morgan fingerprint density at radius 1 is 1.22 bits per heavy atom. The quantitative estimate of drug-likeness (QED) is 0.825. The molecule has 0 aliphatic carbocycles. The maximum absolute atomic E-state index is 9.63. The van der Waals surface area contributed by atoms with Gasteiger partial charge in [0.05, 0.1) is 21.3 Å². The summed E-state index contributed by atoms with van der Waals surface area (Å²) in [5, 5.41) is 12.4. The van der Waals surface area contributed by atoms with Crippen LogP contribution in [0.25, 0.3) is 11.3 Å². The van der Waals surface area contributed by atoms with Crippen molar-refractivity contribution in [1.82, 2.24) is 15.3 Å². The van der Waals surface area contributed by atoms with Crippen LogP contribution in [0.1, 0.15) is 19.5 Å². The number of nitrogens with zero attached hydrogens (tertiary/aromatic N) is 2. The molecule has 0 fully saturated rings. The maximum atomic E-state index is 9.63. The minimum absolute atomic E-state index is 0.302. The molecule has 124 valence electrons. The van der Waals surface area contributed by atoms with Crippen molar-refractivity contribution in [2.75, 3.05) is 6.54 Å². The number of rotatable bonds is 4. The molecule has 2 N–H and O–H groups in total. The topological polar surface area (TPSA) is 75.1 Å². The number of aliphatic hydroxyl groups is 1. The van der Waals surface area contributed by atoms with Gasteiger partial charge in [-0.25, -0.2) is 9.97 Å². The Labute approximate surface area is 145 Å². The van der Waals surface area contributed by atoms with Gasteiger partial charge in [-0.2, -0.15) is 0 Å². The number of halogens is 2. The van der Waals surface area contributed by atoms with Crippen molar-refractivity contribution in [1.29, 1.82) is 0 Å². The summed E-state index contributed by atoms with van der Waals surface area (Å²) in [6, 6.07) is 7.35. The van der Waals surface area contributed by atoms with E-state index >= 15 is 0 Å². The number of carbonyl (C=O) groups excluding carboxylic acids is 1. The second kappa shape index (κ2) is 8.82. The SMILES string of the molecule is CC(C)(O)CNC=O.Cc1cc(-c2ccc(Cl)c(Cl)c2)ncn1. The average Bonchev–Trinajstić information content (AvgIpc) is 2.48. The Morgan fingerprint density at radius 3 is 2.39 bits per heavy atom. The smallest absolute Gasteiger partial charge is 0.207 e. The first-order valence-electron chi connectivity index (χ1n) is 6.86. The summed E-state index contributed by atoms with van der Waals surface area (Å²) >= 11 is 11.8. The molecular formula is C16H19Cl2N3O2. The van der Waals surface area contributed by atoms with Crippen LogP contribution in [0.2, 0.25) is 10.0 Å². The average molecular weight is 356 g/mol. The molecule has 0 atom stereocenters. The summed E-state index contributed by atoms with van der Waals surface area (Å²) in [6.07, 6.45) is 2.10. The fourth-order valence-electron chi connectivity index (χ4n) is 1.56. The summed E-state index contributed by atoms with van der Waals surface area (Å²) in [4.78, 5) is 17.8. The minimum atomic E-state index is -0.791. The van der Waals surface area contributed by atoms with Crippen LogP contribution < -0.4 is 5.32 Å². The molecule has 0 aliphatic rings. The molecule has 2 rings (SSSR count).